The molecule has 0 saturated heterocycles. The lowest BCUT2D eigenvalue weighted by Crippen LogP contribution is -2.42. The van der Waals surface area contributed by atoms with E-state index in [0.717, 1.165) is 11.1 Å². The standard InChI is InChI=1S/C19H17ClFN3O2/c20-15-5-8-22-17(11-15)19(26)23-12-18(25)24-9-6-14(7-10-24)13-1-3-16(21)4-2-13/h1-6,8,11H,7,9-10,12H2,(H,23,26). The lowest BCUT2D eigenvalue weighted by Gasteiger charge is -2.26. The van der Waals surface area contributed by atoms with Crippen LogP contribution in [0.3, 0.4) is 0 Å². The van der Waals surface area contributed by atoms with E-state index >= 15 is 0 Å². The molecule has 1 aromatic carbocycles. The van der Waals surface area contributed by atoms with E-state index in [-0.39, 0.29) is 24.0 Å². The van der Waals surface area contributed by atoms with Crippen molar-refractivity contribution in [2.45, 2.75) is 6.42 Å². The zero-order chi connectivity index (χ0) is 18.5. The Labute approximate surface area is 155 Å². The molecule has 0 spiro atoms. The highest BCUT2D eigenvalue weighted by atomic mass is 35.5. The van der Waals surface area contributed by atoms with Crippen molar-refractivity contribution in [2.75, 3.05) is 19.6 Å². The lowest BCUT2D eigenvalue weighted by atomic mass is 9.99. The Morgan fingerprint density at radius 1 is 1.23 bits per heavy atom. The van der Waals surface area contributed by atoms with Crippen molar-refractivity contribution in [1.29, 1.82) is 0 Å². The predicted molar refractivity (Wildman–Crippen MR) is 97.2 cm³/mol. The third kappa shape index (κ3) is 4.46. The summed E-state index contributed by atoms with van der Waals surface area (Å²) in [6.07, 6.45) is 4.07. The van der Waals surface area contributed by atoms with E-state index in [1.165, 1.54) is 24.4 Å². The minimum atomic E-state index is -0.444. The molecule has 5 nitrogen and oxygen atoms in total. The second-order valence-corrected chi connectivity index (χ2v) is 6.30. The SMILES string of the molecule is O=C(NCC(=O)N1CC=C(c2ccc(F)cc2)CC1)c1cc(Cl)ccn1. The van der Waals surface area contributed by atoms with E-state index in [4.69, 9.17) is 11.6 Å². The molecule has 2 heterocycles. The zero-order valence-corrected chi connectivity index (χ0v) is 14.7. The van der Waals surface area contributed by atoms with Crippen LogP contribution in [0, 0.1) is 5.82 Å². The predicted octanol–water partition coefficient (Wildman–Crippen LogP) is 2.92. The van der Waals surface area contributed by atoms with E-state index in [1.54, 1.807) is 23.1 Å². The monoisotopic (exact) mass is 373 g/mol. The Morgan fingerprint density at radius 3 is 2.65 bits per heavy atom. The number of halogens is 2. The quantitative estimate of drug-likeness (QED) is 0.896. The number of aromatic nitrogens is 1. The molecule has 134 valence electrons. The highest BCUT2D eigenvalue weighted by molar-refractivity contribution is 6.30. The van der Waals surface area contributed by atoms with Crippen LogP contribution in [0.4, 0.5) is 4.39 Å². The minimum Gasteiger partial charge on any atom is -0.342 e. The third-order valence-electron chi connectivity index (χ3n) is 4.13. The van der Waals surface area contributed by atoms with Gasteiger partial charge in [-0.05, 0) is 41.8 Å². The lowest BCUT2D eigenvalue weighted by molar-refractivity contribution is -0.129. The van der Waals surface area contributed by atoms with Gasteiger partial charge in [0.1, 0.15) is 11.5 Å². The number of hydrogen-bond acceptors (Lipinski definition) is 3. The maximum Gasteiger partial charge on any atom is 0.270 e. The Hall–Kier alpha value is -2.73. The number of carbonyl (C=O) groups is 2. The summed E-state index contributed by atoms with van der Waals surface area (Å²) in [6, 6.07) is 9.33. The number of nitrogens with zero attached hydrogens (tertiary/aromatic N) is 2. The van der Waals surface area contributed by atoms with Crippen LogP contribution in [0.5, 0.6) is 0 Å². The molecule has 2 amide bonds. The van der Waals surface area contributed by atoms with Gasteiger partial charge in [-0.1, -0.05) is 29.8 Å². The van der Waals surface area contributed by atoms with Gasteiger partial charge in [0.15, 0.2) is 0 Å². The van der Waals surface area contributed by atoms with E-state index in [1.807, 2.05) is 6.08 Å². The molecule has 3 rings (SSSR count). The first-order valence-electron chi connectivity index (χ1n) is 8.15. The van der Waals surface area contributed by atoms with Gasteiger partial charge >= 0.3 is 0 Å². The molecule has 1 N–H and O–H groups in total. The zero-order valence-electron chi connectivity index (χ0n) is 13.9. The molecular formula is C19H17ClFN3O2. The second-order valence-electron chi connectivity index (χ2n) is 5.87. The van der Waals surface area contributed by atoms with Crippen LogP contribution >= 0.6 is 11.6 Å². The molecule has 26 heavy (non-hydrogen) atoms. The third-order valence-corrected chi connectivity index (χ3v) is 4.37. The number of benzene rings is 1. The summed E-state index contributed by atoms with van der Waals surface area (Å²) in [6.45, 7) is 0.900. The van der Waals surface area contributed by atoms with Crippen LogP contribution in [0.15, 0.2) is 48.7 Å². The van der Waals surface area contributed by atoms with E-state index in [9.17, 15) is 14.0 Å². The van der Waals surface area contributed by atoms with Crippen molar-refractivity contribution in [2.24, 2.45) is 0 Å². The highest BCUT2D eigenvalue weighted by Crippen LogP contribution is 2.22. The van der Waals surface area contributed by atoms with Crippen LogP contribution < -0.4 is 5.32 Å². The topological polar surface area (TPSA) is 62.3 Å². The number of rotatable bonds is 4. The fourth-order valence-corrected chi connectivity index (χ4v) is 2.87. The summed E-state index contributed by atoms with van der Waals surface area (Å²) < 4.78 is 13.0. The van der Waals surface area contributed by atoms with E-state index in [0.29, 0.717) is 24.5 Å². The number of nitrogens with one attached hydrogen (secondary N) is 1. The molecule has 0 atom stereocenters. The second kappa shape index (κ2) is 8.10. The van der Waals surface area contributed by atoms with Crippen molar-refractivity contribution in [1.82, 2.24) is 15.2 Å². The maximum atomic E-state index is 13.0. The van der Waals surface area contributed by atoms with Crippen molar-refractivity contribution in [3.8, 4) is 0 Å². The van der Waals surface area contributed by atoms with Gasteiger partial charge in [0.2, 0.25) is 5.91 Å². The largest absolute Gasteiger partial charge is 0.342 e. The summed E-state index contributed by atoms with van der Waals surface area (Å²) in [5.74, 6) is -0.887. The molecule has 0 bridgehead atoms. The molecule has 1 aromatic heterocycles. The molecule has 0 unspecified atom stereocenters. The number of hydrogen-bond donors (Lipinski definition) is 1. The van der Waals surface area contributed by atoms with Gasteiger partial charge in [-0.2, -0.15) is 0 Å². The number of pyridine rings is 1. The van der Waals surface area contributed by atoms with Crippen LogP contribution in [-0.2, 0) is 4.79 Å². The van der Waals surface area contributed by atoms with Crippen LogP contribution in [0.25, 0.3) is 5.57 Å². The average Bonchev–Trinajstić information content (AvgIpc) is 2.66. The molecule has 0 fully saturated rings. The Balaban J connectivity index is 1.53. The minimum absolute atomic E-state index is 0.104. The van der Waals surface area contributed by atoms with Gasteiger partial charge < -0.3 is 10.2 Å². The van der Waals surface area contributed by atoms with Gasteiger partial charge in [0, 0.05) is 24.3 Å². The van der Waals surface area contributed by atoms with Crippen molar-refractivity contribution in [3.05, 3.63) is 70.8 Å². The van der Waals surface area contributed by atoms with Crippen molar-refractivity contribution in [3.63, 3.8) is 0 Å². The first kappa shape index (κ1) is 18.1. The number of amides is 2. The maximum absolute atomic E-state index is 13.0. The normalized spacial score (nSPS) is 13.9. The fourth-order valence-electron chi connectivity index (χ4n) is 2.71. The summed E-state index contributed by atoms with van der Waals surface area (Å²) in [7, 11) is 0. The molecule has 0 radical (unpaired) electrons. The van der Waals surface area contributed by atoms with Crippen LogP contribution in [0.1, 0.15) is 22.5 Å². The van der Waals surface area contributed by atoms with Gasteiger partial charge in [0.05, 0.1) is 6.54 Å². The molecule has 7 heteroatoms. The Kier molecular flexibility index (Phi) is 5.63. The van der Waals surface area contributed by atoms with Gasteiger partial charge in [-0.15, -0.1) is 0 Å². The fraction of sp³-hybridized carbons (Fsp3) is 0.211. The molecule has 0 saturated carbocycles. The molecule has 1 aliphatic heterocycles. The Morgan fingerprint density at radius 2 is 2.00 bits per heavy atom. The average molecular weight is 374 g/mol. The van der Waals surface area contributed by atoms with Gasteiger partial charge in [0.25, 0.3) is 5.91 Å². The summed E-state index contributed by atoms with van der Waals surface area (Å²) >= 11 is 5.82. The Bertz CT molecular complexity index is 852. The van der Waals surface area contributed by atoms with Crippen molar-refractivity contribution < 1.29 is 14.0 Å². The molecule has 1 aliphatic rings. The summed E-state index contributed by atoms with van der Waals surface area (Å²) in [4.78, 5) is 29.9. The van der Waals surface area contributed by atoms with Gasteiger partial charge in [-0.25, -0.2) is 4.39 Å². The van der Waals surface area contributed by atoms with Crippen LogP contribution in [0.2, 0.25) is 5.02 Å². The summed E-state index contributed by atoms with van der Waals surface area (Å²) in [5, 5.41) is 2.97. The summed E-state index contributed by atoms with van der Waals surface area (Å²) in [5.41, 5.74) is 2.21. The number of carbonyl (C=O) groups excluding carboxylic acids is 2. The molecule has 0 aliphatic carbocycles. The van der Waals surface area contributed by atoms with Crippen LogP contribution in [-0.4, -0.2) is 41.3 Å². The van der Waals surface area contributed by atoms with Gasteiger partial charge in [-0.3, -0.25) is 14.6 Å². The first-order chi connectivity index (χ1) is 12.5. The highest BCUT2D eigenvalue weighted by Gasteiger charge is 2.19. The molecule has 2 aromatic rings. The smallest absolute Gasteiger partial charge is 0.270 e. The van der Waals surface area contributed by atoms with E-state index < -0.39 is 5.91 Å². The first-order valence-corrected chi connectivity index (χ1v) is 8.53. The van der Waals surface area contributed by atoms with Crippen molar-refractivity contribution >= 4 is 29.0 Å². The molecular weight excluding hydrogens is 357 g/mol. The van der Waals surface area contributed by atoms with E-state index in [2.05, 4.69) is 10.3 Å².